The smallest absolute Gasteiger partial charge is 0.163 e. The zero-order valence-corrected chi connectivity index (χ0v) is 14.9. The highest BCUT2D eigenvalue weighted by atomic mass is 32.1. The topological polar surface area (TPSA) is 50.7 Å². The number of fused-ring (bicyclic) bond motifs is 1. The highest BCUT2D eigenvalue weighted by Crippen LogP contribution is 2.35. The molecule has 0 aliphatic carbocycles. The molecule has 4 nitrogen and oxygen atoms in total. The Morgan fingerprint density at radius 1 is 1.17 bits per heavy atom. The zero-order valence-electron chi connectivity index (χ0n) is 14.1. The molecule has 3 aromatic heterocycles. The van der Waals surface area contributed by atoms with Crippen molar-refractivity contribution in [3.05, 3.63) is 35.0 Å². The third-order valence-electron chi connectivity index (χ3n) is 3.82. The first-order chi connectivity index (χ1) is 11.1. The predicted octanol–water partition coefficient (Wildman–Crippen LogP) is 4.69. The van der Waals surface area contributed by atoms with Crippen molar-refractivity contribution < 1.29 is 0 Å². The molecule has 0 spiro atoms. The molecular formula is C18H22N4S. The van der Waals surface area contributed by atoms with Crippen LogP contribution in [0.1, 0.15) is 31.2 Å². The van der Waals surface area contributed by atoms with Crippen LogP contribution in [0, 0.1) is 12.8 Å². The lowest BCUT2D eigenvalue weighted by Gasteiger charge is -2.12. The second kappa shape index (κ2) is 6.62. The first kappa shape index (κ1) is 15.9. The van der Waals surface area contributed by atoms with Crippen LogP contribution in [0.3, 0.4) is 0 Å². The summed E-state index contributed by atoms with van der Waals surface area (Å²) < 4.78 is 0. The van der Waals surface area contributed by atoms with E-state index in [1.807, 2.05) is 12.1 Å². The summed E-state index contributed by atoms with van der Waals surface area (Å²) in [7, 11) is 0. The van der Waals surface area contributed by atoms with Gasteiger partial charge in [-0.1, -0.05) is 20.8 Å². The van der Waals surface area contributed by atoms with Gasteiger partial charge in [0.1, 0.15) is 10.6 Å². The molecule has 0 saturated heterocycles. The maximum Gasteiger partial charge on any atom is 0.163 e. The maximum absolute atomic E-state index is 4.82. The number of pyridine rings is 1. The number of rotatable bonds is 5. The van der Waals surface area contributed by atoms with Gasteiger partial charge in [-0.3, -0.25) is 4.98 Å². The van der Waals surface area contributed by atoms with E-state index in [-0.39, 0.29) is 0 Å². The average Bonchev–Trinajstić information content (AvgIpc) is 2.88. The van der Waals surface area contributed by atoms with E-state index in [9.17, 15) is 0 Å². The fourth-order valence-corrected chi connectivity index (χ4v) is 3.77. The van der Waals surface area contributed by atoms with Crippen molar-refractivity contribution in [1.29, 1.82) is 0 Å². The second-order valence-corrected chi connectivity index (χ2v) is 7.28. The molecule has 3 rings (SSSR count). The molecular weight excluding hydrogens is 304 g/mol. The van der Waals surface area contributed by atoms with Gasteiger partial charge in [0, 0.05) is 29.4 Å². The van der Waals surface area contributed by atoms with E-state index in [1.165, 1.54) is 15.8 Å². The first-order valence-electron chi connectivity index (χ1n) is 8.04. The van der Waals surface area contributed by atoms with Gasteiger partial charge in [-0.2, -0.15) is 0 Å². The van der Waals surface area contributed by atoms with Crippen LogP contribution in [-0.4, -0.2) is 21.5 Å². The van der Waals surface area contributed by atoms with Crippen LogP contribution in [0.5, 0.6) is 0 Å². The summed E-state index contributed by atoms with van der Waals surface area (Å²) in [6, 6.07) is 3.91. The number of aromatic nitrogens is 3. The molecule has 0 aliphatic heterocycles. The fourth-order valence-electron chi connectivity index (χ4n) is 2.65. The van der Waals surface area contributed by atoms with E-state index < -0.39 is 0 Å². The number of aryl methyl sites for hydroxylation is 2. The van der Waals surface area contributed by atoms with Gasteiger partial charge in [0.05, 0.1) is 5.39 Å². The summed E-state index contributed by atoms with van der Waals surface area (Å²) >= 11 is 1.75. The van der Waals surface area contributed by atoms with Crippen molar-refractivity contribution in [3.63, 3.8) is 0 Å². The lowest BCUT2D eigenvalue weighted by molar-refractivity contribution is 0.687. The quantitative estimate of drug-likeness (QED) is 0.739. The van der Waals surface area contributed by atoms with Gasteiger partial charge in [0.25, 0.3) is 0 Å². The highest BCUT2D eigenvalue weighted by molar-refractivity contribution is 7.18. The largest absolute Gasteiger partial charge is 0.369 e. The van der Waals surface area contributed by atoms with Crippen LogP contribution in [0.25, 0.3) is 21.6 Å². The van der Waals surface area contributed by atoms with Crippen molar-refractivity contribution in [2.75, 3.05) is 11.9 Å². The van der Waals surface area contributed by atoms with E-state index in [2.05, 4.69) is 38.0 Å². The molecule has 0 bridgehead atoms. The summed E-state index contributed by atoms with van der Waals surface area (Å²) in [5.41, 5.74) is 2.36. The predicted molar refractivity (Wildman–Crippen MR) is 98.1 cm³/mol. The second-order valence-electron chi connectivity index (χ2n) is 6.08. The van der Waals surface area contributed by atoms with Gasteiger partial charge in [-0.15, -0.1) is 11.3 Å². The molecule has 5 heteroatoms. The van der Waals surface area contributed by atoms with Crippen LogP contribution >= 0.6 is 11.3 Å². The average molecular weight is 326 g/mol. The van der Waals surface area contributed by atoms with Crippen molar-refractivity contribution in [2.45, 2.75) is 34.1 Å². The SMILES string of the molecule is CCc1c(C)sc2nc(-c3ccncc3)nc(NCC(C)C)c12. The van der Waals surface area contributed by atoms with Crippen LogP contribution in [0.4, 0.5) is 5.82 Å². The monoisotopic (exact) mass is 326 g/mol. The molecule has 0 radical (unpaired) electrons. The number of thiophene rings is 1. The Bertz CT molecular complexity index is 809. The van der Waals surface area contributed by atoms with Crippen molar-refractivity contribution >= 4 is 27.4 Å². The highest BCUT2D eigenvalue weighted by Gasteiger charge is 2.16. The van der Waals surface area contributed by atoms with Crippen LogP contribution in [0.2, 0.25) is 0 Å². The Morgan fingerprint density at radius 3 is 2.57 bits per heavy atom. The molecule has 0 aliphatic rings. The van der Waals surface area contributed by atoms with Crippen molar-refractivity contribution in [1.82, 2.24) is 15.0 Å². The Morgan fingerprint density at radius 2 is 1.91 bits per heavy atom. The summed E-state index contributed by atoms with van der Waals surface area (Å²) in [5.74, 6) is 2.28. The number of hydrogen-bond acceptors (Lipinski definition) is 5. The van der Waals surface area contributed by atoms with Gasteiger partial charge >= 0.3 is 0 Å². The van der Waals surface area contributed by atoms with E-state index in [1.54, 1.807) is 23.7 Å². The molecule has 0 saturated carbocycles. The molecule has 0 amide bonds. The van der Waals surface area contributed by atoms with Crippen molar-refractivity contribution in [2.24, 2.45) is 5.92 Å². The molecule has 0 atom stereocenters. The number of nitrogens with one attached hydrogen (secondary N) is 1. The van der Waals surface area contributed by atoms with Gasteiger partial charge in [-0.25, -0.2) is 9.97 Å². The minimum absolute atomic E-state index is 0.564. The standard InChI is InChI=1S/C18H22N4S/c1-5-14-12(4)23-18-15(14)17(20-10-11(2)3)21-16(22-18)13-6-8-19-9-7-13/h6-9,11H,5,10H2,1-4H3,(H,20,21,22). The minimum atomic E-state index is 0.564. The number of nitrogens with zero attached hydrogens (tertiary/aromatic N) is 3. The van der Waals surface area contributed by atoms with Crippen LogP contribution in [-0.2, 0) is 6.42 Å². The maximum atomic E-state index is 4.82. The first-order valence-corrected chi connectivity index (χ1v) is 8.86. The van der Waals surface area contributed by atoms with E-state index in [4.69, 9.17) is 9.97 Å². The van der Waals surface area contributed by atoms with Crippen molar-refractivity contribution in [3.8, 4) is 11.4 Å². The van der Waals surface area contributed by atoms with Gasteiger partial charge in [0.15, 0.2) is 5.82 Å². The summed E-state index contributed by atoms with van der Waals surface area (Å²) in [5, 5.41) is 4.71. The van der Waals surface area contributed by atoms with E-state index in [0.29, 0.717) is 5.92 Å². The molecule has 0 unspecified atom stereocenters. The molecule has 1 N–H and O–H groups in total. The van der Waals surface area contributed by atoms with Crippen LogP contribution < -0.4 is 5.32 Å². The van der Waals surface area contributed by atoms with Gasteiger partial charge in [0.2, 0.25) is 0 Å². The Kier molecular flexibility index (Phi) is 4.57. The molecule has 23 heavy (non-hydrogen) atoms. The van der Waals surface area contributed by atoms with E-state index in [0.717, 1.165) is 35.0 Å². The van der Waals surface area contributed by atoms with Gasteiger partial charge < -0.3 is 5.32 Å². The fraction of sp³-hybridized carbons (Fsp3) is 0.389. The minimum Gasteiger partial charge on any atom is -0.369 e. The summed E-state index contributed by atoms with van der Waals surface area (Å²) in [6.45, 7) is 9.67. The zero-order chi connectivity index (χ0) is 16.4. The van der Waals surface area contributed by atoms with Gasteiger partial charge in [-0.05, 0) is 37.0 Å². The molecule has 120 valence electrons. The third-order valence-corrected chi connectivity index (χ3v) is 4.86. The normalized spacial score (nSPS) is 11.3. The van der Waals surface area contributed by atoms with E-state index >= 15 is 0 Å². The molecule has 0 fully saturated rings. The third kappa shape index (κ3) is 3.20. The Balaban J connectivity index is 2.18. The molecule has 0 aromatic carbocycles. The number of hydrogen-bond donors (Lipinski definition) is 1. The summed E-state index contributed by atoms with van der Waals surface area (Å²) in [4.78, 5) is 16.1. The molecule has 3 heterocycles. The number of anilines is 1. The van der Waals surface area contributed by atoms with Crippen LogP contribution in [0.15, 0.2) is 24.5 Å². The lowest BCUT2D eigenvalue weighted by atomic mass is 10.1. The summed E-state index contributed by atoms with van der Waals surface area (Å²) in [6.07, 6.45) is 4.56. The lowest BCUT2D eigenvalue weighted by Crippen LogP contribution is -2.10. The Labute approximate surface area is 141 Å². The molecule has 3 aromatic rings. The Hall–Kier alpha value is -2.01.